The summed E-state index contributed by atoms with van der Waals surface area (Å²) in [7, 11) is 0. The van der Waals surface area contributed by atoms with Crippen molar-refractivity contribution in [1.29, 1.82) is 0 Å². The van der Waals surface area contributed by atoms with E-state index in [2.05, 4.69) is 25.9 Å². The van der Waals surface area contributed by atoms with E-state index in [9.17, 15) is 0 Å². The van der Waals surface area contributed by atoms with Gasteiger partial charge in [0.25, 0.3) is 0 Å². The number of nitrogens with zero attached hydrogens (tertiary/aromatic N) is 2. The van der Waals surface area contributed by atoms with E-state index in [4.69, 9.17) is 17.3 Å². The molecule has 0 fully saturated rings. The molecule has 5 heteroatoms. The molecule has 14 heavy (non-hydrogen) atoms. The highest BCUT2D eigenvalue weighted by Gasteiger charge is 2.05. The van der Waals surface area contributed by atoms with E-state index in [0.29, 0.717) is 6.54 Å². The van der Waals surface area contributed by atoms with Crippen LogP contribution >= 0.6 is 27.5 Å². The van der Waals surface area contributed by atoms with Gasteiger partial charge in [-0.05, 0) is 29.8 Å². The molecule has 3 nitrogen and oxygen atoms in total. The van der Waals surface area contributed by atoms with Crippen molar-refractivity contribution in [3.05, 3.63) is 33.6 Å². The van der Waals surface area contributed by atoms with Crippen LogP contribution in [-0.2, 0) is 6.54 Å². The number of fused-ring (bicyclic) bond motifs is 1. The first kappa shape index (κ1) is 9.83. The molecule has 2 rings (SSSR count). The van der Waals surface area contributed by atoms with E-state index >= 15 is 0 Å². The van der Waals surface area contributed by atoms with Crippen LogP contribution in [0.2, 0.25) is 5.28 Å². The molecule has 1 heterocycles. The Morgan fingerprint density at radius 2 is 2.14 bits per heavy atom. The van der Waals surface area contributed by atoms with Gasteiger partial charge in [0.15, 0.2) is 0 Å². The number of rotatable bonds is 1. The normalized spacial score (nSPS) is 10.8. The highest BCUT2D eigenvalue weighted by Crippen LogP contribution is 2.21. The predicted octanol–water partition coefficient (Wildman–Crippen LogP) is 2.50. The summed E-state index contributed by atoms with van der Waals surface area (Å²) in [4.78, 5) is 8.17. The summed E-state index contributed by atoms with van der Waals surface area (Å²) < 4.78 is 0.977. The Labute approximate surface area is 94.4 Å². The molecule has 0 radical (unpaired) electrons. The first-order chi connectivity index (χ1) is 6.70. The van der Waals surface area contributed by atoms with Crippen LogP contribution in [0.3, 0.4) is 0 Å². The molecule has 1 aromatic heterocycles. The fourth-order valence-corrected chi connectivity index (χ4v) is 1.84. The SMILES string of the molecule is NCc1nc(Cl)nc2ccc(Br)cc12. The largest absolute Gasteiger partial charge is 0.325 e. The fraction of sp³-hybridized carbons (Fsp3) is 0.111. The molecule has 1 aromatic carbocycles. The highest BCUT2D eigenvalue weighted by atomic mass is 79.9. The molecule has 0 unspecified atom stereocenters. The molecule has 0 spiro atoms. The maximum atomic E-state index is 5.75. The summed E-state index contributed by atoms with van der Waals surface area (Å²) in [5.41, 5.74) is 7.15. The minimum atomic E-state index is 0.236. The van der Waals surface area contributed by atoms with Gasteiger partial charge in [0.2, 0.25) is 5.28 Å². The van der Waals surface area contributed by atoms with Gasteiger partial charge in [-0.2, -0.15) is 0 Å². The van der Waals surface area contributed by atoms with Crippen LogP contribution < -0.4 is 5.73 Å². The maximum Gasteiger partial charge on any atom is 0.223 e. The second-order valence-electron chi connectivity index (χ2n) is 2.80. The third kappa shape index (κ3) is 1.73. The van der Waals surface area contributed by atoms with Crippen molar-refractivity contribution in [2.45, 2.75) is 6.54 Å². The van der Waals surface area contributed by atoms with Crippen molar-refractivity contribution in [1.82, 2.24) is 9.97 Å². The molecule has 2 N–H and O–H groups in total. The Kier molecular flexibility index (Phi) is 2.67. The number of nitrogens with two attached hydrogens (primary N) is 1. The smallest absolute Gasteiger partial charge is 0.223 e. The summed E-state index contributed by atoms with van der Waals surface area (Å²) in [5, 5.41) is 1.17. The molecule has 0 saturated carbocycles. The van der Waals surface area contributed by atoms with Crippen molar-refractivity contribution >= 4 is 38.4 Å². The first-order valence-corrected chi connectivity index (χ1v) is 5.19. The second kappa shape index (κ2) is 3.81. The lowest BCUT2D eigenvalue weighted by molar-refractivity contribution is 0.990. The van der Waals surface area contributed by atoms with Gasteiger partial charge in [-0.15, -0.1) is 0 Å². The molecule has 0 atom stereocenters. The van der Waals surface area contributed by atoms with Crippen LogP contribution in [-0.4, -0.2) is 9.97 Å². The molecule has 0 bridgehead atoms. The maximum absolute atomic E-state index is 5.75. The summed E-state index contributed by atoms with van der Waals surface area (Å²) >= 11 is 9.14. The average Bonchev–Trinajstić information content (AvgIpc) is 2.17. The van der Waals surface area contributed by atoms with E-state index < -0.39 is 0 Å². The zero-order valence-corrected chi connectivity index (χ0v) is 9.51. The standard InChI is InChI=1S/C9H7BrClN3/c10-5-1-2-7-6(3-5)8(4-12)14-9(11)13-7/h1-3H,4,12H2. The molecular weight excluding hydrogens is 265 g/mol. The monoisotopic (exact) mass is 271 g/mol. The number of benzene rings is 1. The summed E-state index contributed by atoms with van der Waals surface area (Å²) in [6.07, 6.45) is 0. The lowest BCUT2D eigenvalue weighted by Crippen LogP contribution is -2.02. The third-order valence-electron chi connectivity index (χ3n) is 1.90. The van der Waals surface area contributed by atoms with E-state index in [-0.39, 0.29) is 5.28 Å². The van der Waals surface area contributed by atoms with Gasteiger partial charge in [0.05, 0.1) is 11.2 Å². The van der Waals surface area contributed by atoms with Crippen molar-refractivity contribution in [2.75, 3.05) is 0 Å². The quantitative estimate of drug-likeness (QED) is 0.812. The lowest BCUT2D eigenvalue weighted by Gasteiger charge is -2.03. The van der Waals surface area contributed by atoms with Gasteiger partial charge in [0, 0.05) is 16.4 Å². The van der Waals surface area contributed by atoms with Crippen LogP contribution in [0.5, 0.6) is 0 Å². The topological polar surface area (TPSA) is 51.8 Å². The van der Waals surface area contributed by atoms with E-state index in [1.165, 1.54) is 0 Å². The number of aromatic nitrogens is 2. The Balaban J connectivity index is 2.81. The van der Waals surface area contributed by atoms with Crippen LogP contribution in [0.25, 0.3) is 10.9 Å². The van der Waals surface area contributed by atoms with Gasteiger partial charge in [-0.3, -0.25) is 0 Å². The average molecular weight is 273 g/mol. The minimum Gasteiger partial charge on any atom is -0.325 e. The summed E-state index contributed by atoms with van der Waals surface area (Å²) in [6.45, 7) is 0.356. The van der Waals surface area contributed by atoms with Gasteiger partial charge < -0.3 is 5.73 Å². The molecule has 0 aliphatic rings. The third-order valence-corrected chi connectivity index (χ3v) is 2.57. The zero-order valence-electron chi connectivity index (χ0n) is 7.17. The zero-order chi connectivity index (χ0) is 10.1. The second-order valence-corrected chi connectivity index (χ2v) is 4.06. The van der Waals surface area contributed by atoms with E-state index in [0.717, 1.165) is 21.1 Å². The summed E-state index contributed by atoms with van der Waals surface area (Å²) in [5.74, 6) is 0. The van der Waals surface area contributed by atoms with Gasteiger partial charge in [-0.1, -0.05) is 15.9 Å². The van der Waals surface area contributed by atoms with E-state index in [1.54, 1.807) is 0 Å². The number of hydrogen-bond acceptors (Lipinski definition) is 3. The molecule has 0 aliphatic heterocycles. The Morgan fingerprint density at radius 3 is 2.86 bits per heavy atom. The van der Waals surface area contributed by atoms with Crippen molar-refractivity contribution < 1.29 is 0 Å². The molecule has 0 saturated heterocycles. The van der Waals surface area contributed by atoms with Gasteiger partial charge in [0.1, 0.15) is 0 Å². The van der Waals surface area contributed by atoms with Crippen molar-refractivity contribution in [2.24, 2.45) is 5.73 Å². The molecule has 2 aromatic rings. The van der Waals surface area contributed by atoms with Crippen LogP contribution in [0.1, 0.15) is 5.69 Å². The molecular formula is C9H7BrClN3. The van der Waals surface area contributed by atoms with Gasteiger partial charge in [-0.25, -0.2) is 9.97 Å². The Hall–Kier alpha value is -0.710. The molecule has 0 amide bonds. The van der Waals surface area contributed by atoms with Crippen LogP contribution in [0.15, 0.2) is 22.7 Å². The Bertz CT molecular complexity index is 487. The lowest BCUT2D eigenvalue weighted by atomic mass is 10.2. The highest BCUT2D eigenvalue weighted by molar-refractivity contribution is 9.10. The molecule has 72 valence electrons. The fourth-order valence-electron chi connectivity index (χ4n) is 1.29. The van der Waals surface area contributed by atoms with Crippen molar-refractivity contribution in [3.63, 3.8) is 0 Å². The number of halogens is 2. The predicted molar refractivity (Wildman–Crippen MR) is 60.1 cm³/mol. The Morgan fingerprint density at radius 1 is 1.36 bits per heavy atom. The van der Waals surface area contributed by atoms with Crippen LogP contribution in [0, 0.1) is 0 Å². The first-order valence-electron chi connectivity index (χ1n) is 4.02. The number of hydrogen-bond donors (Lipinski definition) is 1. The van der Waals surface area contributed by atoms with E-state index in [1.807, 2.05) is 18.2 Å². The minimum absolute atomic E-state index is 0.236. The summed E-state index contributed by atoms with van der Waals surface area (Å²) in [6, 6.07) is 5.73. The molecule has 0 aliphatic carbocycles. The van der Waals surface area contributed by atoms with Crippen molar-refractivity contribution in [3.8, 4) is 0 Å². The van der Waals surface area contributed by atoms with Gasteiger partial charge >= 0.3 is 0 Å². The van der Waals surface area contributed by atoms with Crippen LogP contribution in [0.4, 0.5) is 0 Å².